The average molecular weight is 233 g/mol. The second-order valence-electron chi connectivity index (χ2n) is 6.02. The molecule has 1 heterocycles. The molecule has 0 bridgehead atoms. The molecule has 2 rings (SSSR count). The molecule has 17 heavy (non-hydrogen) atoms. The number of hydrogen-bond donors (Lipinski definition) is 1. The van der Waals surface area contributed by atoms with E-state index in [4.69, 9.17) is 10.5 Å². The van der Waals surface area contributed by atoms with Gasteiger partial charge in [-0.05, 0) is 23.0 Å². The summed E-state index contributed by atoms with van der Waals surface area (Å²) in [7, 11) is 0. The van der Waals surface area contributed by atoms with Crippen LogP contribution < -0.4 is 5.73 Å². The molecule has 0 saturated carbocycles. The number of benzene rings is 1. The standard InChI is InChI=1S/C15H23NO/c1-15(2,3)13-6-4-11(5-7-13)14(16)12-8-9-17-10-12/h4-7,12,14H,8-10,16H2,1-3H3. The first-order chi connectivity index (χ1) is 7.98. The summed E-state index contributed by atoms with van der Waals surface area (Å²) in [5, 5.41) is 0. The van der Waals surface area contributed by atoms with Crippen molar-refractivity contribution < 1.29 is 4.74 Å². The first kappa shape index (κ1) is 12.6. The first-order valence-electron chi connectivity index (χ1n) is 6.42. The SMILES string of the molecule is CC(C)(C)c1ccc(C(N)C2CCOC2)cc1. The van der Waals surface area contributed by atoms with Crippen LogP contribution in [0.4, 0.5) is 0 Å². The monoisotopic (exact) mass is 233 g/mol. The van der Waals surface area contributed by atoms with Crippen LogP contribution in [-0.4, -0.2) is 13.2 Å². The minimum absolute atomic E-state index is 0.117. The second-order valence-corrected chi connectivity index (χ2v) is 6.02. The molecule has 2 unspecified atom stereocenters. The van der Waals surface area contributed by atoms with Gasteiger partial charge < -0.3 is 10.5 Å². The maximum absolute atomic E-state index is 6.28. The molecule has 94 valence electrons. The number of rotatable bonds is 2. The maximum atomic E-state index is 6.28. The lowest BCUT2D eigenvalue weighted by atomic mass is 9.85. The molecule has 2 nitrogen and oxygen atoms in total. The highest BCUT2D eigenvalue weighted by Crippen LogP contribution is 2.28. The fraction of sp³-hybridized carbons (Fsp3) is 0.600. The molecule has 1 saturated heterocycles. The zero-order valence-corrected chi connectivity index (χ0v) is 11.1. The molecule has 0 radical (unpaired) electrons. The van der Waals surface area contributed by atoms with E-state index >= 15 is 0 Å². The molecule has 1 fully saturated rings. The Labute approximate surface area is 104 Å². The fourth-order valence-corrected chi connectivity index (χ4v) is 2.31. The summed E-state index contributed by atoms with van der Waals surface area (Å²) in [5.41, 5.74) is 9.07. The lowest BCUT2D eigenvalue weighted by molar-refractivity contribution is 0.181. The van der Waals surface area contributed by atoms with E-state index in [1.54, 1.807) is 0 Å². The molecule has 1 aromatic carbocycles. The summed E-state index contributed by atoms with van der Waals surface area (Å²) >= 11 is 0. The predicted octanol–water partition coefficient (Wildman–Crippen LogP) is 3.02. The third kappa shape index (κ3) is 2.88. The van der Waals surface area contributed by atoms with E-state index in [2.05, 4.69) is 45.0 Å². The Morgan fingerprint density at radius 1 is 1.24 bits per heavy atom. The van der Waals surface area contributed by atoms with Crippen LogP contribution in [0.25, 0.3) is 0 Å². The van der Waals surface area contributed by atoms with Gasteiger partial charge in [-0.1, -0.05) is 45.0 Å². The van der Waals surface area contributed by atoms with Crippen LogP contribution in [0.3, 0.4) is 0 Å². The summed E-state index contributed by atoms with van der Waals surface area (Å²) in [4.78, 5) is 0. The smallest absolute Gasteiger partial charge is 0.0513 e. The summed E-state index contributed by atoms with van der Waals surface area (Å²) < 4.78 is 5.40. The molecule has 0 spiro atoms. The molecule has 0 aliphatic carbocycles. The van der Waals surface area contributed by atoms with Crippen molar-refractivity contribution >= 4 is 0 Å². The number of ether oxygens (including phenoxy) is 1. The van der Waals surface area contributed by atoms with Gasteiger partial charge in [0.2, 0.25) is 0 Å². The van der Waals surface area contributed by atoms with Gasteiger partial charge >= 0.3 is 0 Å². The van der Waals surface area contributed by atoms with E-state index in [0.29, 0.717) is 5.92 Å². The summed E-state index contributed by atoms with van der Waals surface area (Å²) in [6, 6.07) is 8.86. The van der Waals surface area contributed by atoms with Gasteiger partial charge in [-0.25, -0.2) is 0 Å². The van der Waals surface area contributed by atoms with Crippen LogP contribution in [0.5, 0.6) is 0 Å². The van der Waals surface area contributed by atoms with Crippen LogP contribution in [0.1, 0.15) is 44.4 Å². The van der Waals surface area contributed by atoms with Crippen LogP contribution in [0.2, 0.25) is 0 Å². The minimum Gasteiger partial charge on any atom is -0.381 e. The van der Waals surface area contributed by atoms with Crippen LogP contribution in [0, 0.1) is 5.92 Å². The molecule has 0 amide bonds. The molecule has 2 heteroatoms. The van der Waals surface area contributed by atoms with Gasteiger partial charge in [0.1, 0.15) is 0 Å². The molecule has 2 N–H and O–H groups in total. The molecule has 1 aliphatic rings. The molecule has 1 aliphatic heterocycles. The van der Waals surface area contributed by atoms with Gasteiger partial charge in [0.05, 0.1) is 6.61 Å². The van der Waals surface area contributed by atoms with Gasteiger partial charge in [0.25, 0.3) is 0 Å². The highest BCUT2D eigenvalue weighted by atomic mass is 16.5. The lowest BCUT2D eigenvalue weighted by Crippen LogP contribution is -2.21. The Kier molecular flexibility index (Phi) is 3.55. The predicted molar refractivity (Wildman–Crippen MR) is 71.0 cm³/mol. The van der Waals surface area contributed by atoms with Crippen molar-refractivity contribution in [3.05, 3.63) is 35.4 Å². The van der Waals surface area contributed by atoms with Crippen LogP contribution >= 0.6 is 0 Å². The van der Waals surface area contributed by atoms with Crippen molar-refractivity contribution in [2.75, 3.05) is 13.2 Å². The van der Waals surface area contributed by atoms with E-state index in [9.17, 15) is 0 Å². The molecule has 1 aromatic rings. The van der Waals surface area contributed by atoms with Gasteiger partial charge in [-0.2, -0.15) is 0 Å². The Hall–Kier alpha value is -0.860. The molecule has 0 aromatic heterocycles. The van der Waals surface area contributed by atoms with Crippen LogP contribution in [0.15, 0.2) is 24.3 Å². The van der Waals surface area contributed by atoms with Crippen molar-refractivity contribution in [2.45, 2.75) is 38.6 Å². The fourth-order valence-electron chi connectivity index (χ4n) is 2.31. The van der Waals surface area contributed by atoms with Gasteiger partial charge in [-0.15, -0.1) is 0 Å². The normalized spacial score (nSPS) is 22.7. The summed E-state index contributed by atoms with van der Waals surface area (Å²) in [6.07, 6.45) is 1.09. The van der Waals surface area contributed by atoms with Crippen LogP contribution in [-0.2, 0) is 10.2 Å². The largest absolute Gasteiger partial charge is 0.381 e. The third-order valence-electron chi connectivity index (χ3n) is 3.63. The zero-order valence-electron chi connectivity index (χ0n) is 11.1. The quantitative estimate of drug-likeness (QED) is 0.852. The highest BCUT2D eigenvalue weighted by molar-refractivity contribution is 5.29. The van der Waals surface area contributed by atoms with E-state index in [1.165, 1.54) is 11.1 Å². The molecule has 2 atom stereocenters. The topological polar surface area (TPSA) is 35.2 Å². The van der Waals surface area contributed by atoms with E-state index < -0.39 is 0 Å². The molecular weight excluding hydrogens is 210 g/mol. The Balaban J connectivity index is 2.12. The summed E-state index contributed by atoms with van der Waals surface area (Å²) in [6.45, 7) is 8.35. The van der Waals surface area contributed by atoms with Gasteiger partial charge in [0, 0.05) is 18.6 Å². The van der Waals surface area contributed by atoms with E-state index in [1.807, 2.05) is 0 Å². The zero-order chi connectivity index (χ0) is 12.5. The van der Waals surface area contributed by atoms with Crippen molar-refractivity contribution in [3.8, 4) is 0 Å². The Morgan fingerprint density at radius 3 is 2.35 bits per heavy atom. The van der Waals surface area contributed by atoms with Gasteiger partial charge in [-0.3, -0.25) is 0 Å². The van der Waals surface area contributed by atoms with Crippen molar-refractivity contribution in [1.82, 2.24) is 0 Å². The van der Waals surface area contributed by atoms with E-state index in [-0.39, 0.29) is 11.5 Å². The second kappa shape index (κ2) is 4.79. The maximum Gasteiger partial charge on any atom is 0.0513 e. The average Bonchev–Trinajstić information content (AvgIpc) is 2.80. The highest BCUT2D eigenvalue weighted by Gasteiger charge is 2.24. The van der Waals surface area contributed by atoms with Gasteiger partial charge in [0.15, 0.2) is 0 Å². The summed E-state index contributed by atoms with van der Waals surface area (Å²) in [5.74, 6) is 0.482. The number of hydrogen-bond acceptors (Lipinski definition) is 2. The van der Waals surface area contributed by atoms with Crippen molar-refractivity contribution in [1.29, 1.82) is 0 Å². The van der Waals surface area contributed by atoms with E-state index in [0.717, 1.165) is 19.6 Å². The third-order valence-corrected chi connectivity index (χ3v) is 3.63. The first-order valence-corrected chi connectivity index (χ1v) is 6.42. The van der Waals surface area contributed by atoms with Crippen molar-refractivity contribution in [2.24, 2.45) is 11.7 Å². The number of nitrogens with two attached hydrogens (primary N) is 1. The lowest BCUT2D eigenvalue weighted by Gasteiger charge is -2.22. The Morgan fingerprint density at radius 2 is 1.88 bits per heavy atom. The minimum atomic E-state index is 0.117. The molecular formula is C15H23NO. The Bertz CT molecular complexity index is 358. The van der Waals surface area contributed by atoms with Crippen molar-refractivity contribution in [3.63, 3.8) is 0 Å².